The second kappa shape index (κ2) is 5.79. The third kappa shape index (κ3) is 4.40. The van der Waals surface area contributed by atoms with Gasteiger partial charge in [0.05, 0.1) is 6.10 Å². The number of ether oxygens (including phenoxy) is 1. The molecule has 2 atom stereocenters. The van der Waals surface area contributed by atoms with E-state index < -0.39 is 12.5 Å². The van der Waals surface area contributed by atoms with Gasteiger partial charge in [-0.25, -0.2) is 0 Å². The first-order chi connectivity index (χ1) is 8.94. The van der Waals surface area contributed by atoms with Crippen LogP contribution in [0.25, 0.3) is 0 Å². The molecule has 2 rings (SSSR count). The molecule has 0 saturated carbocycles. The summed E-state index contributed by atoms with van der Waals surface area (Å²) in [6.45, 7) is 0.954. The number of benzene rings is 1. The SMILES string of the molecule is OC(CC1CCCN1)c1ccc(OC(F)(F)F)cc1. The molecule has 0 radical (unpaired) electrons. The molecule has 19 heavy (non-hydrogen) atoms. The van der Waals surface area contributed by atoms with E-state index in [4.69, 9.17) is 0 Å². The fourth-order valence-corrected chi connectivity index (χ4v) is 2.26. The zero-order valence-corrected chi connectivity index (χ0v) is 10.3. The normalized spacial score (nSPS) is 21.4. The summed E-state index contributed by atoms with van der Waals surface area (Å²) < 4.78 is 39.7. The van der Waals surface area contributed by atoms with Gasteiger partial charge in [-0.2, -0.15) is 0 Å². The smallest absolute Gasteiger partial charge is 0.406 e. The van der Waals surface area contributed by atoms with Crippen LogP contribution in [-0.2, 0) is 0 Å². The van der Waals surface area contributed by atoms with Gasteiger partial charge in [0, 0.05) is 6.04 Å². The van der Waals surface area contributed by atoms with Gasteiger partial charge in [-0.3, -0.25) is 0 Å². The molecular formula is C13H16F3NO2. The average Bonchev–Trinajstić information content (AvgIpc) is 2.80. The Balaban J connectivity index is 1.93. The Kier molecular flexibility index (Phi) is 4.31. The van der Waals surface area contributed by atoms with Crippen molar-refractivity contribution < 1.29 is 23.0 Å². The third-order valence-corrected chi connectivity index (χ3v) is 3.17. The highest BCUT2D eigenvalue weighted by atomic mass is 19.4. The van der Waals surface area contributed by atoms with Crippen molar-refractivity contribution in [2.24, 2.45) is 0 Å². The molecule has 1 heterocycles. The molecule has 2 unspecified atom stereocenters. The fourth-order valence-electron chi connectivity index (χ4n) is 2.26. The van der Waals surface area contributed by atoms with Gasteiger partial charge >= 0.3 is 6.36 Å². The molecular weight excluding hydrogens is 259 g/mol. The van der Waals surface area contributed by atoms with Crippen LogP contribution in [0.4, 0.5) is 13.2 Å². The van der Waals surface area contributed by atoms with E-state index in [0.717, 1.165) is 19.4 Å². The van der Waals surface area contributed by atoms with Crippen LogP contribution >= 0.6 is 0 Å². The standard InChI is InChI=1S/C13H16F3NO2/c14-13(15,16)19-11-5-3-9(4-6-11)12(18)8-10-2-1-7-17-10/h3-6,10,12,17-18H,1-2,7-8H2. The molecule has 1 saturated heterocycles. The van der Waals surface area contributed by atoms with Gasteiger partial charge in [-0.05, 0) is 43.5 Å². The maximum absolute atomic E-state index is 12.0. The summed E-state index contributed by atoms with van der Waals surface area (Å²) in [5.74, 6) is -0.276. The van der Waals surface area contributed by atoms with Crippen LogP contribution in [-0.4, -0.2) is 24.1 Å². The summed E-state index contributed by atoms with van der Waals surface area (Å²) in [7, 11) is 0. The van der Waals surface area contributed by atoms with Crippen LogP contribution in [0.3, 0.4) is 0 Å². The third-order valence-electron chi connectivity index (χ3n) is 3.17. The van der Waals surface area contributed by atoms with Crippen LogP contribution in [0, 0.1) is 0 Å². The molecule has 1 fully saturated rings. The minimum absolute atomic E-state index is 0.276. The Labute approximate surface area is 109 Å². The quantitative estimate of drug-likeness (QED) is 0.887. The van der Waals surface area contributed by atoms with Crippen molar-refractivity contribution in [3.8, 4) is 5.75 Å². The zero-order valence-electron chi connectivity index (χ0n) is 10.3. The number of hydrogen-bond acceptors (Lipinski definition) is 3. The molecule has 1 aromatic rings. The Morgan fingerprint density at radius 3 is 2.53 bits per heavy atom. The maximum atomic E-state index is 12.0. The molecule has 3 nitrogen and oxygen atoms in total. The lowest BCUT2D eigenvalue weighted by Crippen LogP contribution is -2.23. The van der Waals surface area contributed by atoms with Gasteiger partial charge in [0.15, 0.2) is 0 Å². The number of halogens is 3. The molecule has 0 aromatic heterocycles. The Hall–Kier alpha value is -1.27. The summed E-state index contributed by atoms with van der Waals surface area (Å²) in [6.07, 6.45) is -2.68. The highest BCUT2D eigenvalue weighted by molar-refractivity contribution is 5.28. The Morgan fingerprint density at radius 1 is 1.32 bits per heavy atom. The zero-order chi connectivity index (χ0) is 13.9. The number of aliphatic hydroxyl groups is 1. The average molecular weight is 275 g/mol. The van der Waals surface area contributed by atoms with Gasteiger partial charge in [0.25, 0.3) is 0 Å². The second-order valence-electron chi connectivity index (χ2n) is 4.66. The molecule has 1 aromatic carbocycles. The molecule has 1 aliphatic heterocycles. The van der Waals surface area contributed by atoms with E-state index in [2.05, 4.69) is 10.1 Å². The van der Waals surface area contributed by atoms with Crippen molar-refractivity contribution in [3.05, 3.63) is 29.8 Å². The first-order valence-electron chi connectivity index (χ1n) is 6.21. The highest BCUT2D eigenvalue weighted by Crippen LogP contribution is 2.26. The predicted octanol–water partition coefficient (Wildman–Crippen LogP) is 2.76. The van der Waals surface area contributed by atoms with E-state index in [-0.39, 0.29) is 11.8 Å². The van der Waals surface area contributed by atoms with Crippen molar-refractivity contribution >= 4 is 0 Å². The van der Waals surface area contributed by atoms with Crippen molar-refractivity contribution in [2.75, 3.05) is 6.54 Å². The second-order valence-corrected chi connectivity index (χ2v) is 4.66. The van der Waals surface area contributed by atoms with Crippen molar-refractivity contribution in [1.29, 1.82) is 0 Å². The summed E-state index contributed by atoms with van der Waals surface area (Å²) in [6, 6.07) is 5.63. The largest absolute Gasteiger partial charge is 0.573 e. The Bertz CT molecular complexity index is 399. The summed E-state index contributed by atoms with van der Waals surface area (Å²) in [5.41, 5.74) is 0.600. The number of nitrogens with one attached hydrogen (secondary N) is 1. The van der Waals surface area contributed by atoms with E-state index >= 15 is 0 Å². The first kappa shape index (κ1) is 14.1. The molecule has 1 aliphatic rings. The number of rotatable bonds is 4. The van der Waals surface area contributed by atoms with E-state index in [9.17, 15) is 18.3 Å². The van der Waals surface area contributed by atoms with Crippen molar-refractivity contribution in [3.63, 3.8) is 0 Å². The number of hydrogen-bond donors (Lipinski definition) is 2. The molecule has 0 bridgehead atoms. The topological polar surface area (TPSA) is 41.5 Å². The van der Waals surface area contributed by atoms with E-state index in [0.29, 0.717) is 12.0 Å². The summed E-state index contributed by atoms with van der Waals surface area (Å²) in [5, 5.41) is 13.3. The van der Waals surface area contributed by atoms with Gasteiger partial charge in [0.2, 0.25) is 0 Å². The molecule has 0 aliphatic carbocycles. The van der Waals surface area contributed by atoms with Gasteiger partial charge in [-0.15, -0.1) is 13.2 Å². The van der Waals surface area contributed by atoms with Crippen LogP contribution in [0.5, 0.6) is 5.75 Å². The minimum Gasteiger partial charge on any atom is -0.406 e. The minimum atomic E-state index is -4.69. The van der Waals surface area contributed by atoms with Crippen LogP contribution in [0.1, 0.15) is 30.9 Å². The lowest BCUT2D eigenvalue weighted by atomic mass is 10.0. The van der Waals surface area contributed by atoms with Crippen LogP contribution < -0.4 is 10.1 Å². The molecule has 6 heteroatoms. The van der Waals surface area contributed by atoms with E-state index in [1.165, 1.54) is 24.3 Å². The monoisotopic (exact) mass is 275 g/mol. The Morgan fingerprint density at radius 2 is 2.00 bits per heavy atom. The lowest BCUT2D eigenvalue weighted by Gasteiger charge is -2.16. The number of alkyl halides is 3. The first-order valence-corrected chi connectivity index (χ1v) is 6.21. The summed E-state index contributed by atoms with van der Waals surface area (Å²) >= 11 is 0. The van der Waals surface area contributed by atoms with Gasteiger partial charge < -0.3 is 15.2 Å². The molecule has 0 spiro atoms. The molecule has 106 valence electrons. The molecule has 2 N–H and O–H groups in total. The van der Waals surface area contributed by atoms with E-state index in [1.807, 2.05) is 0 Å². The van der Waals surface area contributed by atoms with E-state index in [1.54, 1.807) is 0 Å². The highest BCUT2D eigenvalue weighted by Gasteiger charge is 2.31. The maximum Gasteiger partial charge on any atom is 0.573 e. The summed E-state index contributed by atoms with van der Waals surface area (Å²) in [4.78, 5) is 0. The number of aliphatic hydroxyl groups excluding tert-OH is 1. The fraction of sp³-hybridized carbons (Fsp3) is 0.538. The molecule has 0 amide bonds. The van der Waals surface area contributed by atoms with Crippen LogP contribution in [0.15, 0.2) is 24.3 Å². The lowest BCUT2D eigenvalue weighted by molar-refractivity contribution is -0.274. The van der Waals surface area contributed by atoms with Crippen molar-refractivity contribution in [1.82, 2.24) is 5.32 Å². The van der Waals surface area contributed by atoms with Gasteiger partial charge in [-0.1, -0.05) is 12.1 Å². The predicted molar refractivity (Wildman–Crippen MR) is 63.7 cm³/mol. The van der Waals surface area contributed by atoms with Crippen molar-refractivity contribution in [2.45, 2.75) is 37.8 Å². The van der Waals surface area contributed by atoms with Gasteiger partial charge in [0.1, 0.15) is 5.75 Å². The van der Waals surface area contributed by atoms with Crippen LogP contribution in [0.2, 0.25) is 0 Å².